The zero-order valence-electron chi connectivity index (χ0n) is 12.2. The Kier molecular flexibility index (Phi) is 5.56. The van der Waals surface area contributed by atoms with E-state index >= 15 is 0 Å². The molecule has 0 bridgehead atoms. The van der Waals surface area contributed by atoms with E-state index in [0.29, 0.717) is 24.7 Å². The fourth-order valence-corrected chi connectivity index (χ4v) is 1.85. The first kappa shape index (κ1) is 16.5. The van der Waals surface area contributed by atoms with Crippen molar-refractivity contribution in [1.82, 2.24) is 19.6 Å². The summed E-state index contributed by atoms with van der Waals surface area (Å²) in [6, 6.07) is 0.314. The lowest BCUT2D eigenvalue weighted by Crippen LogP contribution is -2.06. The van der Waals surface area contributed by atoms with Crippen molar-refractivity contribution < 1.29 is 4.39 Å². The monoisotopic (exact) mass is 301 g/mol. The van der Waals surface area contributed by atoms with Gasteiger partial charge in [-0.3, -0.25) is 4.68 Å². The molecule has 0 unspecified atom stereocenters. The molecular weight excluding hydrogens is 281 g/mol. The minimum Gasteiger partial charge on any atom is -0.364 e. The Labute approximate surface area is 124 Å². The van der Waals surface area contributed by atoms with Crippen molar-refractivity contribution in [1.29, 1.82) is 0 Å². The third-order valence-electron chi connectivity index (χ3n) is 3.03. The zero-order chi connectivity index (χ0) is 14.0. The molecular formula is C13H21ClFN5. The maximum atomic E-state index is 13.8. The Hall–Kier alpha value is -1.56. The summed E-state index contributed by atoms with van der Waals surface area (Å²) in [4.78, 5) is 0. The molecule has 112 valence electrons. The Bertz CT molecular complexity index is 561. The van der Waals surface area contributed by atoms with Crippen LogP contribution in [0.5, 0.6) is 0 Å². The first-order valence-corrected chi connectivity index (χ1v) is 6.52. The predicted molar refractivity (Wildman–Crippen MR) is 79.8 cm³/mol. The highest BCUT2D eigenvalue weighted by molar-refractivity contribution is 5.85. The highest BCUT2D eigenvalue weighted by atomic mass is 35.5. The van der Waals surface area contributed by atoms with Gasteiger partial charge in [-0.2, -0.15) is 14.6 Å². The summed E-state index contributed by atoms with van der Waals surface area (Å²) in [5.41, 5.74) is 1.61. The summed E-state index contributed by atoms with van der Waals surface area (Å²) in [5.74, 6) is 0.508. The number of rotatable bonds is 5. The fourth-order valence-electron chi connectivity index (χ4n) is 1.85. The second-order valence-corrected chi connectivity index (χ2v) is 4.86. The molecule has 0 radical (unpaired) electrons. The molecule has 5 nitrogen and oxygen atoms in total. The summed E-state index contributed by atoms with van der Waals surface area (Å²) in [6.45, 7) is 8.92. The zero-order valence-corrected chi connectivity index (χ0v) is 13.0. The Morgan fingerprint density at radius 2 is 2.10 bits per heavy atom. The number of aryl methyl sites for hydroxylation is 2. The van der Waals surface area contributed by atoms with Gasteiger partial charge < -0.3 is 5.32 Å². The molecule has 20 heavy (non-hydrogen) atoms. The van der Waals surface area contributed by atoms with Crippen LogP contribution in [-0.4, -0.2) is 19.6 Å². The van der Waals surface area contributed by atoms with Crippen molar-refractivity contribution in [2.75, 3.05) is 5.32 Å². The summed E-state index contributed by atoms with van der Waals surface area (Å²) >= 11 is 0. The van der Waals surface area contributed by atoms with Crippen LogP contribution in [0.1, 0.15) is 37.9 Å². The van der Waals surface area contributed by atoms with E-state index in [-0.39, 0.29) is 18.4 Å². The number of anilines is 1. The van der Waals surface area contributed by atoms with Gasteiger partial charge >= 0.3 is 0 Å². The van der Waals surface area contributed by atoms with Crippen molar-refractivity contribution in [3.8, 4) is 0 Å². The summed E-state index contributed by atoms with van der Waals surface area (Å²) in [7, 11) is 0. The van der Waals surface area contributed by atoms with Gasteiger partial charge in [-0.25, -0.2) is 4.68 Å². The smallest absolute Gasteiger partial charge is 0.216 e. The highest BCUT2D eigenvalue weighted by Gasteiger charge is 2.11. The minimum absolute atomic E-state index is 0. The largest absolute Gasteiger partial charge is 0.364 e. The van der Waals surface area contributed by atoms with Crippen LogP contribution in [0, 0.1) is 12.9 Å². The van der Waals surface area contributed by atoms with Crippen molar-refractivity contribution in [2.24, 2.45) is 0 Å². The lowest BCUT2D eigenvalue weighted by molar-refractivity contribution is 0.465. The molecule has 0 aromatic carbocycles. The van der Waals surface area contributed by atoms with Crippen LogP contribution in [0.2, 0.25) is 0 Å². The van der Waals surface area contributed by atoms with E-state index < -0.39 is 0 Å². The first-order chi connectivity index (χ1) is 9.02. The minimum atomic E-state index is -0.282. The molecule has 0 aliphatic rings. The molecule has 0 fully saturated rings. The maximum Gasteiger partial charge on any atom is 0.216 e. The van der Waals surface area contributed by atoms with Gasteiger partial charge in [-0.1, -0.05) is 0 Å². The van der Waals surface area contributed by atoms with Gasteiger partial charge in [0, 0.05) is 36.5 Å². The van der Waals surface area contributed by atoms with Crippen molar-refractivity contribution >= 4 is 18.2 Å². The van der Waals surface area contributed by atoms with E-state index in [0.717, 1.165) is 11.4 Å². The van der Waals surface area contributed by atoms with Crippen LogP contribution in [0.3, 0.4) is 0 Å². The van der Waals surface area contributed by atoms with Crippen molar-refractivity contribution in [3.05, 3.63) is 29.5 Å². The SMILES string of the molecule is CCn1ncc(CNc2nn(C(C)C)cc2C)c1F.Cl. The van der Waals surface area contributed by atoms with Gasteiger partial charge in [0.2, 0.25) is 5.95 Å². The van der Waals surface area contributed by atoms with Crippen LogP contribution in [0.4, 0.5) is 10.2 Å². The number of aromatic nitrogens is 4. The van der Waals surface area contributed by atoms with E-state index in [9.17, 15) is 4.39 Å². The van der Waals surface area contributed by atoms with E-state index in [4.69, 9.17) is 0 Å². The Morgan fingerprint density at radius 3 is 2.60 bits per heavy atom. The molecule has 7 heteroatoms. The van der Waals surface area contributed by atoms with E-state index in [1.165, 1.54) is 4.68 Å². The van der Waals surface area contributed by atoms with Gasteiger partial charge in [0.05, 0.1) is 6.20 Å². The molecule has 2 aromatic rings. The van der Waals surface area contributed by atoms with Gasteiger partial charge in [-0.05, 0) is 27.7 Å². The number of nitrogens with zero attached hydrogens (tertiary/aromatic N) is 4. The van der Waals surface area contributed by atoms with Gasteiger partial charge in [-0.15, -0.1) is 12.4 Å². The van der Waals surface area contributed by atoms with Crippen LogP contribution >= 0.6 is 12.4 Å². The summed E-state index contributed by atoms with van der Waals surface area (Å²) in [6.07, 6.45) is 3.54. The standard InChI is InChI=1S/C13H20FN5.ClH/c1-5-18-12(14)11(7-16-18)6-15-13-10(4)8-19(17-13)9(2)3;/h7-9H,5-6H2,1-4H3,(H,15,17);1H. The van der Waals surface area contributed by atoms with Crippen LogP contribution in [-0.2, 0) is 13.1 Å². The van der Waals surface area contributed by atoms with E-state index in [1.807, 2.05) is 24.7 Å². The maximum absolute atomic E-state index is 13.8. The number of hydrogen-bond acceptors (Lipinski definition) is 3. The Morgan fingerprint density at radius 1 is 1.40 bits per heavy atom. The van der Waals surface area contributed by atoms with Gasteiger partial charge in [0.25, 0.3) is 0 Å². The van der Waals surface area contributed by atoms with Crippen LogP contribution in [0.25, 0.3) is 0 Å². The fraction of sp³-hybridized carbons (Fsp3) is 0.538. The molecule has 0 saturated heterocycles. The highest BCUT2D eigenvalue weighted by Crippen LogP contribution is 2.16. The molecule has 0 atom stereocenters. The summed E-state index contributed by atoms with van der Waals surface area (Å²) < 4.78 is 17.0. The molecule has 0 aliphatic carbocycles. The number of hydrogen-bond donors (Lipinski definition) is 1. The van der Waals surface area contributed by atoms with Gasteiger partial charge in [0.15, 0.2) is 5.82 Å². The molecule has 0 amide bonds. The molecule has 0 spiro atoms. The third kappa shape index (κ3) is 3.30. The quantitative estimate of drug-likeness (QED) is 0.923. The van der Waals surface area contributed by atoms with E-state index in [2.05, 4.69) is 29.4 Å². The molecule has 0 saturated carbocycles. The Balaban J connectivity index is 0.00000200. The third-order valence-corrected chi connectivity index (χ3v) is 3.03. The van der Waals surface area contributed by atoms with Crippen LogP contribution < -0.4 is 5.32 Å². The average molecular weight is 302 g/mol. The van der Waals surface area contributed by atoms with Crippen molar-refractivity contribution in [2.45, 2.75) is 46.8 Å². The van der Waals surface area contributed by atoms with Gasteiger partial charge in [0.1, 0.15) is 0 Å². The summed E-state index contributed by atoms with van der Waals surface area (Å²) in [5, 5.41) is 11.6. The molecule has 2 heterocycles. The number of halogens is 2. The van der Waals surface area contributed by atoms with Crippen molar-refractivity contribution in [3.63, 3.8) is 0 Å². The molecule has 2 rings (SSSR count). The second-order valence-electron chi connectivity index (χ2n) is 4.86. The predicted octanol–water partition coefficient (Wildman–Crippen LogP) is 3.16. The second kappa shape index (κ2) is 6.74. The molecule has 2 aromatic heterocycles. The lowest BCUT2D eigenvalue weighted by Gasteiger charge is -2.05. The van der Waals surface area contributed by atoms with E-state index in [1.54, 1.807) is 6.20 Å². The lowest BCUT2D eigenvalue weighted by atomic mass is 10.3. The first-order valence-electron chi connectivity index (χ1n) is 6.52. The molecule has 0 aliphatic heterocycles. The number of nitrogens with one attached hydrogen (secondary N) is 1. The normalized spacial score (nSPS) is 10.7. The average Bonchev–Trinajstić information content (AvgIpc) is 2.91. The van der Waals surface area contributed by atoms with Crippen LogP contribution in [0.15, 0.2) is 12.4 Å². The topological polar surface area (TPSA) is 47.7 Å². The molecule has 1 N–H and O–H groups in total.